The van der Waals surface area contributed by atoms with Gasteiger partial charge < -0.3 is 20.5 Å². The van der Waals surface area contributed by atoms with E-state index in [1.807, 2.05) is 18.2 Å². The topological polar surface area (TPSA) is 126 Å². The summed E-state index contributed by atoms with van der Waals surface area (Å²) in [6.45, 7) is 0.815. The summed E-state index contributed by atoms with van der Waals surface area (Å²) in [6.07, 6.45) is 0.639. The van der Waals surface area contributed by atoms with Crippen LogP contribution < -0.4 is 11.2 Å². The number of oxime groups is 1. The summed E-state index contributed by atoms with van der Waals surface area (Å²) in [7, 11) is 0. The number of nitrogens with zero attached hydrogens (tertiary/aromatic N) is 2. The molecule has 1 aromatic carbocycles. The molecule has 8 heteroatoms. The van der Waals surface area contributed by atoms with Crippen molar-refractivity contribution in [3.05, 3.63) is 30.3 Å². The Morgan fingerprint density at radius 1 is 1.45 bits per heavy atom. The molecule has 1 aromatic rings. The Morgan fingerprint density at radius 3 is 2.68 bits per heavy atom. The minimum atomic E-state index is -0.659. The molecule has 0 heterocycles. The molecule has 0 saturated heterocycles. The fourth-order valence-corrected chi connectivity index (χ4v) is 1.54. The molecule has 0 saturated carbocycles. The van der Waals surface area contributed by atoms with Crippen molar-refractivity contribution in [2.45, 2.75) is 13.3 Å². The van der Waals surface area contributed by atoms with Crippen LogP contribution in [-0.4, -0.2) is 35.5 Å². The Bertz CT molecular complexity index is 557. The van der Waals surface area contributed by atoms with E-state index in [4.69, 9.17) is 5.73 Å². The average molecular weight is 306 g/mol. The molecule has 0 aliphatic heterocycles. The van der Waals surface area contributed by atoms with Crippen molar-refractivity contribution >= 4 is 29.5 Å². The highest BCUT2D eigenvalue weighted by molar-refractivity contribution is 6.41. The highest BCUT2D eigenvalue weighted by Crippen LogP contribution is 2.08. The Kier molecular flexibility index (Phi) is 7.27. The van der Waals surface area contributed by atoms with Gasteiger partial charge in [-0.15, -0.1) is 0 Å². The van der Waals surface area contributed by atoms with Gasteiger partial charge in [-0.2, -0.15) is 5.10 Å². The van der Waals surface area contributed by atoms with E-state index in [2.05, 4.69) is 20.5 Å². The number of aliphatic hydroxyl groups excluding tert-OH is 1. The Hall–Kier alpha value is -2.74. The summed E-state index contributed by atoms with van der Waals surface area (Å²) < 4.78 is 0. The second-order valence-electron chi connectivity index (χ2n) is 4.32. The predicted molar refractivity (Wildman–Crippen MR) is 82.1 cm³/mol. The lowest BCUT2D eigenvalue weighted by Gasteiger charge is -2.14. The molecule has 0 fully saturated rings. The van der Waals surface area contributed by atoms with Gasteiger partial charge in [0.15, 0.2) is 5.84 Å². The first-order chi connectivity index (χ1) is 10.6. The van der Waals surface area contributed by atoms with Crippen LogP contribution in [0, 0.1) is 5.92 Å². The number of hydrazone groups is 1. The van der Waals surface area contributed by atoms with Crippen LogP contribution in [-0.2, 0) is 14.4 Å². The molecule has 118 valence electrons. The van der Waals surface area contributed by atoms with Crippen LogP contribution in [0.2, 0.25) is 0 Å². The number of rotatable bonds is 8. The summed E-state index contributed by atoms with van der Waals surface area (Å²) in [5, 5.41) is 16.9. The summed E-state index contributed by atoms with van der Waals surface area (Å²) in [5.74, 6) is -1.50. The van der Waals surface area contributed by atoms with Crippen LogP contribution in [0.4, 0.5) is 5.69 Å². The molecule has 0 amide bonds. The SMILES string of the molecule is CC(=O)O/N=C(N)\C(=N/Nc1ccccc1)C(CO)CC=O. The van der Waals surface area contributed by atoms with Crippen LogP contribution >= 0.6 is 0 Å². The number of para-hydroxylation sites is 1. The lowest BCUT2D eigenvalue weighted by molar-refractivity contribution is -0.140. The fraction of sp³-hybridized carbons (Fsp3) is 0.286. The first kappa shape index (κ1) is 17.3. The van der Waals surface area contributed by atoms with Gasteiger partial charge in [0.2, 0.25) is 0 Å². The fourth-order valence-electron chi connectivity index (χ4n) is 1.54. The largest absolute Gasteiger partial charge is 0.396 e. The van der Waals surface area contributed by atoms with E-state index >= 15 is 0 Å². The Labute approximate surface area is 127 Å². The van der Waals surface area contributed by atoms with E-state index in [-0.39, 0.29) is 24.6 Å². The van der Waals surface area contributed by atoms with Crippen molar-refractivity contribution in [3.63, 3.8) is 0 Å². The first-order valence-electron chi connectivity index (χ1n) is 6.53. The number of anilines is 1. The number of aldehydes is 1. The summed E-state index contributed by atoms with van der Waals surface area (Å²) in [5.41, 5.74) is 9.27. The summed E-state index contributed by atoms with van der Waals surface area (Å²) >= 11 is 0. The minimum Gasteiger partial charge on any atom is -0.396 e. The normalized spacial score (nSPS) is 13.4. The third kappa shape index (κ3) is 5.71. The number of nitrogens with two attached hydrogens (primary N) is 1. The maximum atomic E-state index is 10.8. The number of carbonyl (C=O) groups excluding carboxylic acids is 2. The maximum absolute atomic E-state index is 10.8. The second kappa shape index (κ2) is 9.24. The number of amidine groups is 1. The molecule has 4 N–H and O–H groups in total. The maximum Gasteiger partial charge on any atom is 0.332 e. The molecular weight excluding hydrogens is 288 g/mol. The van der Waals surface area contributed by atoms with Crippen molar-refractivity contribution in [1.29, 1.82) is 0 Å². The standard InChI is InChI=1S/C14H18N4O4/c1-10(21)22-18-14(15)13(11(9-20)7-8-19)17-16-12-5-3-2-4-6-12/h2-6,8,11,16,20H,7,9H2,1H3,(H2,15,18)/b17-13-. The minimum absolute atomic E-state index is 0.00208. The predicted octanol–water partition coefficient (Wildman–Crippen LogP) is 0.487. The van der Waals surface area contributed by atoms with E-state index in [0.29, 0.717) is 12.0 Å². The van der Waals surface area contributed by atoms with Crippen molar-refractivity contribution in [3.8, 4) is 0 Å². The number of aliphatic hydroxyl groups is 1. The van der Waals surface area contributed by atoms with Crippen LogP contribution in [0.25, 0.3) is 0 Å². The van der Waals surface area contributed by atoms with Crippen LogP contribution in [0.3, 0.4) is 0 Å². The number of nitrogens with one attached hydrogen (secondary N) is 1. The molecular formula is C14H18N4O4. The van der Waals surface area contributed by atoms with E-state index in [0.717, 1.165) is 0 Å². The third-order valence-electron chi connectivity index (χ3n) is 2.60. The summed E-state index contributed by atoms with van der Waals surface area (Å²) in [6, 6.07) is 9.00. The molecule has 22 heavy (non-hydrogen) atoms. The van der Waals surface area contributed by atoms with Gasteiger partial charge in [-0.25, -0.2) is 4.79 Å². The van der Waals surface area contributed by atoms with Gasteiger partial charge in [-0.1, -0.05) is 23.4 Å². The van der Waals surface area contributed by atoms with Crippen molar-refractivity contribution in [1.82, 2.24) is 0 Å². The van der Waals surface area contributed by atoms with Gasteiger partial charge in [-0.3, -0.25) is 5.43 Å². The lowest BCUT2D eigenvalue weighted by atomic mass is 10.0. The van der Waals surface area contributed by atoms with Gasteiger partial charge in [0.25, 0.3) is 0 Å². The third-order valence-corrected chi connectivity index (χ3v) is 2.60. The molecule has 0 radical (unpaired) electrons. The average Bonchev–Trinajstić information content (AvgIpc) is 2.52. The molecule has 0 spiro atoms. The van der Waals surface area contributed by atoms with Gasteiger partial charge in [0.1, 0.15) is 12.0 Å². The summed E-state index contributed by atoms with van der Waals surface area (Å²) in [4.78, 5) is 25.9. The Morgan fingerprint density at radius 2 is 2.14 bits per heavy atom. The van der Waals surface area contributed by atoms with Crippen molar-refractivity contribution < 1.29 is 19.5 Å². The van der Waals surface area contributed by atoms with Gasteiger partial charge in [0, 0.05) is 19.3 Å². The molecule has 0 aromatic heterocycles. The Balaban J connectivity index is 3.01. The quantitative estimate of drug-likeness (QED) is 0.211. The number of benzene rings is 1. The van der Waals surface area contributed by atoms with Gasteiger partial charge in [-0.05, 0) is 12.1 Å². The smallest absolute Gasteiger partial charge is 0.332 e. The zero-order valence-electron chi connectivity index (χ0n) is 12.1. The highest BCUT2D eigenvalue weighted by Gasteiger charge is 2.20. The van der Waals surface area contributed by atoms with E-state index in [9.17, 15) is 14.7 Å². The first-order valence-corrected chi connectivity index (χ1v) is 6.53. The second-order valence-corrected chi connectivity index (χ2v) is 4.32. The molecule has 0 bridgehead atoms. The van der Waals surface area contributed by atoms with Crippen LogP contribution in [0.1, 0.15) is 13.3 Å². The van der Waals surface area contributed by atoms with Crippen LogP contribution in [0.5, 0.6) is 0 Å². The van der Waals surface area contributed by atoms with E-state index < -0.39 is 11.9 Å². The molecule has 8 nitrogen and oxygen atoms in total. The van der Waals surface area contributed by atoms with Gasteiger partial charge >= 0.3 is 5.97 Å². The molecule has 0 aliphatic carbocycles. The molecule has 0 aliphatic rings. The number of hydrogen-bond donors (Lipinski definition) is 3. The molecule has 1 rings (SSSR count). The monoisotopic (exact) mass is 306 g/mol. The zero-order valence-corrected chi connectivity index (χ0v) is 12.1. The van der Waals surface area contributed by atoms with E-state index in [1.165, 1.54) is 6.92 Å². The highest BCUT2D eigenvalue weighted by atomic mass is 16.7. The number of carbonyl (C=O) groups is 2. The van der Waals surface area contributed by atoms with E-state index in [1.54, 1.807) is 12.1 Å². The molecule has 1 unspecified atom stereocenters. The van der Waals surface area contributed by atoms with Crippen molar-refractivity contribution in [2.24, 2.45) is 21.9 Å². The number of hydrogen-bond acceptors (Lipinski definition) is 7. The lowest BCUT2D eigenvalue weighted by Crippen LogP contribution is -2.34. The van der Waals surface area contributed by atoms with Gasteiger partial charge in [0.05, 0.1) is 12.3 Å². The van der Waals surface area contributed by atoms with Crippen LogP contribution in [0.15, 0.2) is 40.6 Å². The zero-order chi connectivity index (χ0) is 16.4. The van der Waals surface area contributed by atoms with Crippen molar-refractivity contribution in [2.75, 3.05) is 12.0 Å². The molecule has 1 atom stereocenters.